The molecule has 2 aliphatic rings. The molecule has 1 saturated carbocycles. The molecule has 15 heavy (non-hydrogen) atoms. The molecule has 2 fully saturated rings. The molecule has 1 N–H and O–H groups in total. The van der Waals surface area contributed by atoms with Crippen LogP contribution in [0.1, 0.15) is 46.5 Å². The van der Waals surface area contributed by atoms with Crippen LogP contribution in [0.2, 0.25) is 0 Å². The van der Waals surface area contributed by atoms with Crippen molar-refractivity contribution in [1.29, 1.82) is 0 Å². The van der Waals surface area contributed by atoms with Gasteiger partial charge in [0.2, 0.25) is 0 Å². The van der Waals surface area contributed by atoms with Gasteiger partial charge < -0.3 is 10.1 Å². The maximum Gasteiger partial charge on any atom is 0.0731 e. The minimum absolute atomic E-state index is 0.489. The van der Waals surface area contributed by atoms with Gasteiger partial charge in [-0.1, -0.05) is 27.2 Å². The third-order valence-electron chi connectivity index (χ3n) is 4.65. The van der Waals surface area contributed by atoms with Crippen LogP contribution >= 0.6 is 0 Å². The molecule has 0 aromatic rings. The molecule has 2 rings (SSSR count). The van der Waals surface area contributed by atoms with Crippen LogP contribution in [0.25, 0.3) is 0 Å². The van der Waals surface area contributed by atoms with E-state index in [1.807, 2.05) is 0 Å². The van der Waals surface area contributed by atoms with E-state index in [4.69, 9.17) is 4.74 Å². The SMILES string of the molecule is CCC(C)(C)C1CC[C@H]2NCCO[C@H]2C1. The number of ether oxygens (including phenoxy) is 1. The van der Waals surface area contributed by atoms with E-state index in [9.17, 15) is 0 Å². The number of nitrogens with one attached hydrogen (secondary N) is 1. The molecule has 3 atom stereocenters. The van der Waals surface area contributed by atoms with E-state index in [-0.39, 0.29) is 0 Å². The predicted octanol–water partition coefficient (Wildman–Crippen LogP) is 2.58. The lowest BCUT2D eigenvalue weighted by atomic mass is 9.68. The summed E-state index contributed by atoms with van der Waals surface area (Å²) in [5, 5.41) is 3.59. The van der Waals surface area contributed by atoms with Gasteiger partial charge in [0.25, 0.3) is 0 Å². The molecule has 0 aromatic heterocycles. The lowest BCUT2D eigenvalue weighted by Crippen LogP contribution is -2.52. The summed E-state index contributed by atoms with van der Waals surface area (Å²) >= 11 is 0. The number of morpholine rings is 1. The first-order valence-electron chi connectivity index (χ1n) is 6.48. The van der Waals surface area contributed by atoms with Crippen molar-refractivity contribution < 1.29 is 4.74 Å². The number of rotatable bonds is 2. The number of hydrogen-bond acceptors (Lipinski definition) is 2. The van der Waals surface area contributed by atoms with Gasteiger partial charge in [0.15, 0.2) is 0 Å². The third-order valence-corrected chi connectivity index (χ3v) is 4.65. The molecule has 88 valence electrons. The summed E-state index contributed by atoms with van der Waals surface area (Å²) in [7, 11) is 0. The lowest BCUT2D eigenvalue weighted by Gasteiger charge is -2.45. The summed E-state index contributed by atoms with van der Waals surface area (Å²) in [6.07, 6.45) is 5.71. The summed E-state index contributed by atoms with van der Waals surface area (Å²) in [4.78, 5) is 0. The Morgan fingerprint density at radius 1 is 1.33 bits per heavy atom. The Bertz CT molecular complexity index is 215. The Hall–Kier alpha value is -0.0800. The zero-order valence-corrected chi connectivity index (χ0v) is 10.4. The Balaban J connectivity index is 1.96. The Labute approximate surface area is 93.8 Å². The van der Waals surface area contributed by atoms with E-state index in [1.54, 1.807) is 0 Å². The molecular weight excluding hydrogens is 186 g/mol. The largest absolute Gasteiger partial charge is 0.375 e. The minimum atomic E-state index is 0.489. The number of hydrogen-bond donors (Lipinski definition) is 1. The van der Waals surface area contributed by atoms with Gasteiger partial charge in [-0.15, -0.1) is 0 Å². The highest BCUT2D eigenvalue weighted by molar-refractivity contribution is 4.92. The van der Waals surface area contributed by atoms with Crippen molar-refractivity contribution in [3.63, 3.8) is 0 Å². The van der Waals surface area contributed by atoms with Crippen LogP contribution in [0.15, 0.2) is 0 Å². The van der Waals surface area contributed by atoms with Gasteiger partial charge in [0.05, 0.1) is 12.7 Å². The summed E-state index contributed by atoms with van der Waals surface area (Å²) in [5.41, 5.74) is 0.492. The first-order chi connectivity index (χ1) is 7.13. The zero-order valence-electron chi connectivity index (χ0n) is 10.4. The van der Waals surface area contributed by atoms with Crippen molar-refractivity contribution in [2.45, 2.75) is 58.6 Å². The van der Waals surface area contributed by atoms with Crippen LogP contribution in [0, 0.1) is 11.3 Å². The molecule has 2 heteroatoms. The maximum atomic E-state index is 5.89. The lowest BCUT2D eigenvalue weighted by molar-refractivity contribution is -0.0545. The van der Waals surface area contributed by atoms with Crippen molar-refractivity contribution in [3.05, 3.63) is 0 Å². The predicted molar refractivity (Wildman–Crippen MR) is 62.9 cm³/mol. The van der Waals surface area contributed by atoms with Crippen molar-refractivity contribution in [3.8, 4) is 0 Å². The summed E-state index contributed by atoms with van der Waals surface area (Å²) in [6.45, 7) is 9.08. The highest BCUT2D eigenvalue weighted by Gasteiger charge is 2.38. The van der Waals surface area contributed by atoms with Crippen LogP contribution in [0.5, 0.6) is 0 Å². The Morgan fingerprint density at radius 2 is 2.13 bits per heavy atom. The van der Waals surface area contributed by atoms with Gasteiger partial charge in [-0.2, -0.15) is 0 Å². The Morgan fingerprint density at radius 3 is 2.87 bits per heavy atom. The standard InChI is InChI=1S/C13H25NO/c1-4-13(2,3)10-5-6-11-12(9-10)15-8-7-14-11/h10-12,14H,4-9H2,1-3H3/t10?,11-,12+/m1/s1. The molecule has 1 unspecified atom stereocenters. The van der Waals surface area contributed by atoms with Crippen LogP contribution in [-0.4, -0.2) is 25.3 Å². The van der Waals surface area contributed by atoms with Crippen molar-refractivity contribution >= 4 is 0 Å². The fraction of sp³-hybridized carbons (Fsp3) is 1.00. The zero-order chi connectivity index (χ0) is 10.9. The fourth-order valence-electron chi connectivity index (χ4n) is 3.00. The second kappa shape index (κ2) is 4.42. The van der Waals surface area contributed by atoms with Crippen molar-refractivity contribution in [2.24, 2.45) is 11.3 Å². The molecule has 1 heterocycles. The second-order valence-corrected chi connectivity index (χ2v) is 5.82. The fourth-order valence-corrected chi connectivity index (χ4v) is 3.00. The first-order valence-corrected chi connectivity index (χ1v) is 6.48. The highest BCUT2D eigenvalue weighted by Crippen LogP contribution is 2.41. The van der Waals surface area contributed by atoms with E-state index in [2.05, 4.69) is 26.1 Å². The molecule has 0 spiro atoms. The monoisotopic (exact) mass is 211 g/mol. The van der Waals surface area contributed by atoms with Gasteiger partial charge in [-0.05, 0) is 30.6 Å². The van der Waals surface area contributed by atoms with Gasteiger partial charge in [-0.3, -0.25) is 0 Å². The molecule has 0 amide bonds. The topological polar surface area (TPSA) is 21.3 Å². The van der Waals surface area contributed by atoms with Gasteiger partial charge >= 0.3 is 0 Å². The van der Waals surface area contributed by atoms with Crippen LogP contribution in [0.3, 0.4) is 0 Å². The molecular formula is C13H25NO. The van der Waals surface area contributed by atoms with E-state index in [0.29, 0.717) is 17.6 Å². The quantitative estimate of drug-likeness (QED) is 0.758. The normalized spacial score (nSPS) is 37.4. The molecule has 0 radical (unpaired) electrons. The van der Waals surface area contributed by atoms with Crippen LogP contribution < -0.4 is 5.32 Å². The van der Waals surface area contributed by atoms with Crippen LogP contribution in [-0.2, 0) is 4.74 Å². The summed E-state index contributed by atoms with van der Waals surface area (Å²) in [5.74, 6) is 0.851. The molecule has 0 aromatic carbocycles. The average Bonchev–Trinajstić information content (AvgIpc) is 2.28. The van der Waals surface area contributed by atoms with Gasteiger partial charge in [-0.25, -0.2) is 0 Å². The first kappa shape index (κ1) is 11.4. The number of fused-ring (bicyclic) bond motifs is 1. The Kier molecular flexibility index (Phi) is 3.36. The van der Waals surface area contributed by atoms with Crippen LogP contribution in [0.4, 0.5) is 0 Å². The third kappa shape index (κ3) is 2.36. The van der Waals surface area contributed by atoms with E-state index >= 15 is 0 Å². The van der Waals surface area contributed by atoms with Crippen molar-refractivity contribution in [1.82, 2.24) is 5.32 Å². The van der Waals surface area contributed by atoms with E-state index in [1.165, 1.54) is 25.7 Å². The van der Waals surface area contributed by atoms with Crippen molar-refractivity contribution in [2.75, 3.05) is 13.2 Å². The molecule has 1 aliphatic carbocycles. The second-order valence-electron chi connectivity index (χ2n) is 5.82. The smallest absolute Gasteiger partial charge is 0.0731 e. The molecule has 1 aliphatic heterocycles. The van der Waals surface area contributed by atoms with Gasteiger partial charge in [0, 0.05) is 12.6 Å². The minimum Gasteiger partial charge on any atom is -0.375 e. The highest BCUT2D eigenvalue weighted by atomic mass is 16.5. The van der Waals surface area contributed by atoms with E-state index in [0.717, 1.165) is 19.1 Å². The maximum absolute atomic E-state index is 5.89. The average molecular weight is 211 g/mol. The van der Waals surface area contributed by atoms with Gasteiger partial charge in [0.1, 0.15) is 0 Å². The summed E-state index contributed by atoms with van der Waals surface area (Å²) in [6, 6.07) is 0.641. The summed E-state index contributed by atoms with van der Waals surface area (Å²) < 4.78 is 5.89. The molecule has 1 saturated heterocycles. The molecule has 2 nitrogen and oxygen atoms in total. The van der Waals surface area contributed by atoms with E-state index < -0.39 is 0 Å². The molecule has 0 bridgehead atoms.